The summed E-state index contributed by atoms with van der Waals surface area (Å²) in [4.78, 5) is 11.2. The summed E-state index contributed by atoms with van der Waals surface area (Å²) < 4.78 is 5.20. The van der Waals surface area contributed by atoms with E-state index in [9.17, 15) is 4.79 Å². The van der Waals surface area contributed by atoms with E-state index in [-0.39, 0.29) is 5.92 Å². The Hall–Kier alpha value is -1.29. The maximum atomic E-state index is 11.2. The summed E-state index contributed by atoms with van der Waals surface area (Å²) in [5.74, 6) is -0.691. The lowest BCUT2D eigenvalue weighted by Crippen LogP contribution is -2.52. The fourth-order valence-corrected chi connectivity index (χ4v) is 2.03. The quantitative estimate of drug-likeness (QED) is 0.703. The van der Waals surface area contributed by atoms with Crippen LogP contribution in [0.1, 0.15) is 24.7 Å². The van der Waals surface area contributed by atoms with Crippen molar-refractivity contribution in [1.29, 1.82) is 0 Å². The van der Waals surface area contributed by atoms with Crippen LogP contribution < -0.4 is 5.73 Å². The molecule has 0 bridgehead atoms. The smallest absolute Gasteiger partial charge is 0.331 e. The van der Waals surface area contributed by atoms with E-state index in [0.29, 0.717) is 5.76 Å². The summed E-state index contributed by atoms with van der Waals surface area (Å²) in [6.07, 6.45) is 3.14. The summed E-state index contributed by atoms with van der Waals surface area (Å²) >= 11 is 0. The van der Waals surface area contributed by atoms with Crippen molar-refractivity contribution in [3.8, 4) is 0 Å². The van der Waals surface area contributed by atoms with Gasteiger partial charge in [-0.1, -0.05) is 6.92 Å². The van der Waals surface area contributed by atoms with Gasteiger partial charge in [-0.05, 0) is 30.4 Å². The molecule has 2 atom stereocenters. The maximum absolute atomic E-state index is 11.2. The van der Waals surface area contributed by atoms with Crippen LogP contribution >= 0.6 is 0 Å². The molecular formula is C10H13NO3. The minimum Gasteiger partial charge on any atom is -0.480 e. The predicted molar refractivity (Wildman–Crippen MR) is 49.7 cm³/mol. The molecule has 14 heavy (non-hydrogen) atoms. The second kappa shape index (κ2) is 2.85. The molecule has 76 valence electrons. The lowest BCUT2D eigenvalue weighted by Gasteiger charge is -2.33. The van der Waals surface area contributed by atoms with E-state index >= 15 is 0 Å². The normalized spacial score (nSPS) is 31.1. The summed E-state index contributed by atoms with van der Waals surface area (Å²) in [7, 11) is 0. The number of aryl methyl sites for hydroxylation is 1. The number of carbonyl (C=O) groups is 1. The Morgan fingerprint density at radius 2 is 2.50 bits per heavy atom. The van der Waals surface area contributed by atoms with E-state index in [1.165, 1.54) is 6.26 Å². The van der Waals surface area contributed by atoms with Gasteiger partial charge in [-0.3, -0.25) is 0 Å². The second-order valence-corrected chi connectivity index (χ2v) is 3.89. The van der Waals surface area contributed by atoms with Crippen molar-refractivity contribution in [2.75, 3.05) is 0 Å². The number of rotatable bonds is 1. The Morgan fingerprint density at radius 3 is 3.14 bits per heavy atom. The lowest BCUT2D eigenvalue weighted by molar-refractivity contribution is -0.147. The van der Waals surface area contributed by atoms with E-state index < -0.39 is 11.5 Å². The number of carboxylic acids is 1. The van der Waals surface area contributed by atoms with Gasteiger partial charge in [-0.25, -0.2) is 4.79 Å². The molecule has 1 aromatic heterocycles. The molecule has 1 heterocycles. The zero-order valence-corrected chi connectivity index (χ0v) is 7.99. The van der Waals surface area contributed by atoms with Crippen LogP contribution in [0.25, 0.3) is 0 Å². The van der Waals surface area contributed by atoms with Crippen molar-refractivity contribution < 1.29 is 14.3 Å². The van der Waals surface area contributed by atoms with Crippen LogP contribution in [0.2, 0.25) is 0 Å². The molecule has 1 aliphatic carbocycles. The minimum atomic E-state index is -1.35. The highest BCUT2D eigenvalue weighted by Gasteiger charge is 2.48. The highest BCUT2D eigenvalue weighted by atomic mass is 16.4. The van der Waals surface area contributed by atoms with Crippen LogP contribution in [0.15, 0.2) is 16.7 Å². The Kier molecular flexibility index (Phi) is 1.89. The second-order valence-electron chi connectivity index (χ2n) is 3.89. The van der Waals surface area contributed by atoms with Gasteiger partial charge in [0.2, 0.25) is 0 Å². The zero-order chi connectivity index (χ0) is 10.3. The van der Waals surface area contributed by atoms with Crippen LogP contribution in [0.4, 0.5) is 0 Å². The maximum Gasteiger partial charge on any atom is 0.331 e. The third-order valence-corrected chi connectivity index (χ3v) is 3.10. The van der Waals surface area contributed by atoms with E-state index in [4.69, 9.17) is 15.3 Å². The Bertz CT molecular complexity index is 371. The molecule has 2 rings (SSSR count). The number of aliphatic carboxylic acids is 1. The van der Waals surface area contributed by atoms with E-state index in [1.807, 2.05) is 6.92 Å². The predicted octanol–water partition coefficient (Wildman–Crippen LogP) is 1.10. The first kappa shape index (κ1) is 9.27. The molecular weight excluding hydrogens is 182 g/mol. The van der Waals surface area contributed by atoms with Crippen molar-refractivity contribution in [1.82, 2.24) is 0 Å². The fourth-order valence-electron chi connectivity index (χ4n) is 2.03. The van der Waals surface area contributed by atoms with Gasteiger partial charge in [-0.2, -0.15) is 0 Å². The van der Waals surface area contributed by atoms with Gasteiger partial charge in [0.15, 0.2) is 5.54 Å². The molecule has 3 N–H and O–H groups in total. The first-order chi connectivity index (χ1) is 6.56. The molecule has 1 aromatic rings. The molecule has 0 radical (unpaired) electrons. The third-order valence-electron chi connectivity index (χ3n) is 3.10. The average molecular weight is 195 g/mol. The van der Waals surface area contributed by atoms with Crippen molar-refractivity contribution in [3.63, 3.8) is 0 Å². The van der Waals surface area contributed by atoms with Crippen molar-refractivity contribution >= 4 is 5.97 Å². The van der Waals surface area contributed by atoms with Gasteiger partial charge < -0.3 is 15.3 Å². The molecule has 4 heteroatoms. The Balaban J connectivity index is 2.56. The van der Waals surface area contributed by atoms with Gasteiger partial charge >= 0.3 is 5.97 Å². The van der Waals surface area contributed by atoms with Gasteiger partial charge in [0.05, 0.1) is 6.26 Å². The summed E-state index contributed by atoms with van der Waals surface area (Å²) in [5.41, 5.74) is 5.48. The highest BCUT2D eigenvalue weighted by Crippen LogP contribution is 2.38. The number of hydrogen-bond acceptors (Lipinski definition) is 3. The van der Waals surface area contributed by atoms with Crippen LogP contribution in [-0.4, -0.2) is 11.1 Å². The number of furan rings is 1. The van der Waals surface area contributed by atoms with Crippen LogP contribution in [0, 0.1) is 5.92 Å². The van der Waals surface area contributed by atoms with Crippen LogP contribution in [0.5, 0.6) is 0 Å². The Morgan fingerprint density at radius 1 is 1.79 bits per heavy atom. The molecule has 0 saturated heterocycles. The highest BCUT2D eigenvalue weighted by molar-refractivity contribution is 5.80. The number of hydrogen-bond donors (Lipinski definition) is 2. The molecule has 2 unspecified atom stereocenters. The van der Waals surface area contributed by atoms with Crippen molar-refractivity contribution in [2.24, 2.45) is 11.7 Å². The molecule has 4 nitrogen and oxygen atoms in total. The summed E-state index contributed by atoms with van der Waals surface area (Å²) in [6, 6.07) is 1.80. The Labute approximate surface area is 81.7 Å². The van der Waals surface area contributed by atoms with E-state index in [1.54, 1.807) is 6.07 Å². The lowest BCUT2D eigenvalue weighted by atomic mass is 9.74. The van der Waals surface area contributed by atoms with Gasteiger partial charge in [0, 0.05) is 0 Å². The largest absolute Gasteiger partial charge is 0.480 e. The van der Waals surface area contributed by atoms with Crippen LogP contribution in [-0.2, 0) is 16.8 Å². The first-order valence-electron chi connectivity index (χ1n) is 4.66. The topological polar surface area (TPSA) is 76.5 Å². The van der Waals surface area contributed by atoms with E-state index in [0.717, 1.165) is 18.4 Å². The van der Waals surface area contributed by atoms with Crippen LogP contribution in [0.3, 0.4) is 0 Å². The SMILES string of the molecule is CC1CCc2ccoc2C1(N)C(=O)O. The standard InChI is InChI=1S/C10H13NO3/c1-6-2-3-7-4-5-14-8(7)10(6,11)9(12)13/h4-6H,2-3,11H2,1H3,(H,12,13). The first-order valence-corrected chi connectivity index (χ1v) is 4.66. The molecule has 1 aliphatic rings. The number of fused-ring (bicyclic) bond motifs is 1. The zero-order valence-electron chi connectivity index (χ0n) is 7.99. The third kappa shape index (κ3) is 1.00. The van der Waals surface area contributed by atoms with Gasteiger partial charge in [0.1, 0.15) is 5.76 Å². The number of carboxylic acid groups (broad SMARTS) is 1. The minimum absolute atomic E-state index is 0.0985. The van der Waals surface area contributed by atoms with Crippen molar-refractivity contribution in [3.05, 3.63) is 23.7 Å². The van der Waals surface area contributed by atoms with Gasteiger partial charge in [-0.15, -0.1) is 0 Å². The molecule has 0 saturated carbocycles. The fraction of sp³-hybridized carbons (Fsp3) is 0.500. The van der Waals surface area contributed by atoms with Crippen molar-refractivity contribution in [2.45, 2.75) is 25.3 Å². The summed E-state index contributed by atoms with van der Waals surface area (Å²) in [5, 5.41) is 9.15. The monoisotopic (exact) mass is 195 g/mol. The molecule has 0 aliphatic heterocycles. The van der Waals surface area contributed by atoms with E-state index in [2.05, 4.69) is 0 Å². The molecule has 0 aromatic carbocycles. The molecule has 0 fully saturated rings. The van der Waals surface area contributed by atoms with Gasteiger partial charge in [0.25, 0.3) is 0 Å². The average Bonchev–Trinajstić information content (AvgIpc) is 2.59. The molecule has 0 spiro atoms. The molecule has 0 amide bonds. The summed E-state index contributed by atoms with van der Waals surface area (Å²) in [6.45, 7) is 1.85. The number of nitrogens with two attached hydrogens (primary N) is 1.